The van der Waals surface area contributed by atoms with Gasteiger partial charge in [-0.1, -0.05) is 13.3 Å². The van der Waals surface area contributed by atoms with Gasteiger partial charge < -0.3 is 12.4 Å². The summed E-state index contributed by atoms with van der Waals surface area (Å²) >= 11 is 0. The Hall–Kier alpha value is -0.340. The van der Waals surface area contributed by atoms with Gasteiger partial charge in [0.05, 0.1) is 13.2 Å². The summed E-state index contributed by atoms with van der Waals surface area (Å²) in [6, 6.07) is 0. The highest BCUT2D eigenvalue weighted by Crippen LogP contribution is 1.95. The van der Waals surface area contributed by atoms with Crippen LogP contribution in [0.15, 0.2) is 17.4 Å². The molecule has 1 rings (SSSR count). The summed E-state index contributed by atoms with van der Waals surface area (Å²) < 4.78 is 0. The van der Waals surface area contributed by atoms with Crippen LogP contribution in [0.2, 0.25) is 0 Å². The maximum atomic E-state index is 4.25. The Balaban J connectivity index is 0.000001000. The Labute approximate surface area is 74.4 Å². The van der Waals surface area contributed by atoms with Crippen LogP contribution in [-0.4, -0.2) is 12.9 Å². The fraction of sp³-hybridized carbons (Fsp3) is 0.625. The minimum absolute atomic E-state index is 0. The second-order valence-corrected chi connectivity index (χ2v) is 2.68. The molecule has 0 radical (unpaired) electrons. The second-order valence-electron chi connectivity index (χ2n) is 2.68. The van der Waals surface area contributed by atoms with E-state index in [9.17, 15) is 0 Å². The van der Waals surface area contributed by atoms with Gasteiger partial charge in [-0.15, -0.1) is 0 Å². The van der Waals surface area contributed by atoms with E-state index in [4.69, 9.17) is 0 Å². The van der Waals surface area contributed by atoms with Gasteiger partial charge in [0.25, 0.3) is 0 Å². The van der Waals surface area contributed by atoms with Crippen LogP contribution in [-0.2, 0) is 0 Å². The normalized spacial score (nSPS) is 21.3. The molecule has 0 saturated carbocycles. The summed E-state index contributed by atoms with van der Waals surface area (Å²) in [4.78, 5) is 5.59. The van der Waals surface area contributed by atoms with Crippen LogP contribution in [0.1, 0.15) is 26.2 Å². The van der Waals surface area contributed by atoms with Gasteiger partial charge in [-0.05, 0) is 6.42 Å². The molecule has 0 aromatic rings. The molecule has 0 aliphatic carbocycles. The fourth-order valence-electron chi connectivity index (χ4n) is 1.04. The number of hydrogen-bond donors (Lipinski definition) is 1. The van der Waals surface area contributed by atoms with Crippen molar-refractivity contribution in [2.75, 3.05) is 7.05 Å². The fourth-order valence-corrected chi connectivity index (χ4v) is 1.04. The lowest BCUT2D eigenvalue weighted by molar-refractivity contribution is -0.719. The van der Waals surface area contributed by atoms with Crippen molar-refractivity contribution in [3.63, 3.8) is 0 Å². The quantitative estimate of drug-likeness (QED) is 0.491. The lowest BCUT2D eigenvalue weighted by Crippen LogP contribution is -3.06. The molecule has 0 saturated heterocycles. The van der Waals surface area contributed by atoms with Crippen LogP contribution < -0.4 is 17.3 Å². The summed E-state index contributed by atoms with van der Waals surface area (Å²) in [7, 11) is 2.12. The molecule has 1 aliphatic rings. The monoisotopic (exact) mass is 174 g/mol. The number of nitrogens with one attached hydrogen (secondary N) is 1. The molecule has 3 heteroatoms. The summed E-state index contributed by atoms with van der Waals surface area (Å²) in [5.41, 5.74) is 0. The molecule has 11 heavy (non-hydrogen) atoms. The molecule has 2 nitrogen and oxygen atoms in total. The van der Waals surface area contributed by atoms with Crippen LogP contribution in [0.25, 0.3) is 0 Å². The number of amidine groups is 1. The first-order valence-corrected chi connectivity index (χ1v) is 3.91. The lowest BCUT2D eigenvalue weighted by atomic mass is 10.2. The molecule has 0 aromatic heterocycles. The van der Waals surface area contributed by atoms with E-state index in [1.165, 1.54) is 23.6 Å². The van der Waals surface area contributed by atoms with Gasteiger partial charge >= 0.3 is 0 Å². The Kier molecular flexibility index (Phi) is 5.16. The van der Waals surface area contributed by atoms with Crippen molar-refractivity contribution in [2.45, 2.75) is 26.2 Å². The van der Waals surface area contributed by atoms with Crippen molar-refractivity contribution >= 4 is 5.84 Å². The third kappa shape index (κ3) is 3.04. The molecule has 1 atom stereocenters. The first kappa shape index (κ1) is 10.7. The Bertz CT molecular complexity index is 163. The summed E-state index contributed by atoms with van der Waals surface area (Å²) in [5, 5.41) is 0. The molecule has 0 fully saturated rings. The highest BCUT2D eigenvalue weighted by molar-refractivity contribution is 5.75. The molecule has 64 valence electrons. The van der Waals surface area contributed by atoms with Crippen LogP contribution in [0, 0.1) is 0 Å². The second kappa shape index (κ2) is 5.33. The average molecular weight is 175 g/mol. The molecule has 1 N–H and O–H groups in total. The predicted molar refractivity (Wildman–Crippen MR) is 43.0 cm³/mol. The largest absolute Gasteiger partial charge is 1.00 e. The van der Waals surface area contributed by atoms with Gasteiger partial charge in [0.2, 0.25) is 5.84 Å². The number of halogens is 1. The number of rotatable bonds is 3. The zero-order valence-corrected chi connectivity index (χ0v) is 7.86. The maximum Gasteiger partial charge on any atom is 0.205 e. The SMILES string of the molecule is CCCCC1=NC=C[NH+]1C.[Cl-]. The smallest absolute Gasteiger partial charge is 0.205 e. The van der Waals surface area contributed by atoms with E-state index in [0.29, 0.717) is 0 Å². The number of quaternary nitrogens is 1. The number of hydrogen-bond acceptors (Lipinski definition) is 1. The van der Waals surface area contributed by atoms with Gasteiger partial charge in [0.1, 0.15) is 6.20 Å². The summed E-state index contributed by atoms with van der Waals surface area (Å²) in [5.74, 6) is 1.28. The number of unbranched alkanes of at least 4 members (excludes halogenated alkanes) is 1. The summed E-state index contributed by atoms with van der Waals surface area (Å²) in [6.07, 6.45) is 7.63. The van der Waals surface area contributed by atoms with Crippen molar-refractivity contribution in [3.8, 4) is 0 Å². The van der Waals surface area contributed by atoms with E-state index in [0.717, 1.165) is 6.42 Å². The van der Waals surface area contributed by atoms with Crippen molar-refractivity contribution in [2.24, 2.45) is 4.99 Å². The van der Waals surface area contributed by atoms with Crippen molar-refractivity contribution in [3.05, 3.63) is 12.4 Å². The van der Waals surface area contributed by atoms with Crippen LogP contribution in [0.5, 0.6) is 0 Å². The molecule has 0 bridgehead atoms. The van der Waals surface area contributed by atoms with Crippen molar-refractivity contribution in [1.29, 1.82) is 0 Å². The molecular weight excluding hydrogens is 160 g/mol. The van der Waals surface area contributed by atoms with E-state index in [1.54, 1.807) is 0 Å². The zero-order valence-electron chi connectivity index (χ0n) is 7.10. The van der Waals surface area contributed by atoms with E-state index in [-0.39, 0.29) is 12.4 Å². The predicted octanol–water partition coefficient (Wildman–Crippen LogP) is -2.42. The first-order valence-electron chi connectivity index (χ1n) is 3.91. The highest BCUT2D eigenvalue weighted by Gasteiger charge is 2.11. The van der Waals surface area contributed by atoms with Crippen molar-refractivity contribution in [1.82, 2.24) is 0 Å². The maximum absolute atomic E-state index is 4.25. The standard InChI is InChI=1S/C8H14N2.ClH/c1-3-4-5-8-9-6-7-10(8)2;/h6-7H,3-5H2,1-2H3;1H. The Morgan fingerprint density at radius 2 is 2.27 bits per heavy atom. The van der Waals surface area contributed by atoms with Gasteiger partial charge in [-0.2, -0.15) is 0 Å². The third-order valence-electron chi connectivity index (χ3n) is 1.78. The first-order chi connectivity index (χ1) is 4.84. The molecule has 0 aromatic carbocycles. The number of nitrogens with zero attached hydrogens (tertiary/aromatic N) is 1. The van der Waals surface area contributed by atoms with E-state index in [2.05, 4.69) is 25.2 Å². The topological polar surface area (TPSA) is 16.8 Å². The highest BCUT2D eigenvalue weighted by atomic mass is 35.5. The average Bonchev–Trinajstić information content (AvgIpc) is 2.31. The van der Waals surface area contributed by atoms with E-state index in [1.807, 2.05) is 6.20 Å². The Morgan fingerprint density at radius 3 is 2.73 bits per heavy atom. The lowest BCUT2D eigenvalue weighted by Gasteiger charge is -2.03. The van der Waals surface area contributed by atoms with Crippen LogP contribution in [0.3, 0.4) is 0 Å². The van der Waals surface area contributed by atoms with Gasteiger partial charge in [0, 0.05) is 6.42 Å². The minimum Gasteiger partial charge on any atom is -1.00 e. The molecule has 1 unspecified atom stereocenters. The van der Waals surface area contributed by atoms with E-state index >= 15 is 0 Å². The molecule has 0 spiro atoms. The number of aliphatic imine (C=N–C) groups is 1. The van der Waals surface area contributed by atoms with E-state index < -0.39 is 0 Å². The molecule has 0 amide bonds. The zero-order chi connectivity index (χ0) is 7.40. The summed E-state index contributed by atoms with van der Waals surface area (Å²) in [6.45, 7) is 2.21. The van der Waals surface area contributed by atoms with Crippen LogP contribution >= 0.6 is 0 Å². The van der Waals surface area contributed by atoms with Gasteiger partial charge in [-0.25, -0.2) is 4.99 Å². The van der Waals surface area contributed by atoms with Crippen LogP contribution in [0.4, 0.5) is 0 Å². The minimum atomic E-state index is 0. The molecular formula is C8H15ClN2. The van der Waals surface area contributed by atoms with Gasteiger partial charge in [0.15, 0.2) is 0 Å². The Morgan fingerprint density at radius 1 is 1.55 bits per heavy atom. The van der Waals surface area contributed by atoms with Gasteiger partial charge in [-0.3, -0.25) is 4.90 Å². The molecule has 1 aliphatic heterocycles. The third-order valence-corrected chi connectivity index (χ3v) is 1.78. The molecule has 1 heterocycles. The van der Waals surface area contributed by atoms with Crippen molar-refractivity contribution < 1.29 is 17.3 Å².